The van der Waals surface area contributed by atoms with Crippen LogP contribution in [0.2, 0.25) is 5.28 Å². The van der Waals surface area contributed by atoms with Gasteiger partial charge in [0.05, 0.1) is 7.11 Å². The van der Waals surface area contributed by atoms with E-state index in [0.717, 1.165) is 0 Å². The van der Waals surface area contributed by atoms with Gasteiger partial charge in [0.25, 0.3) is 0 Å². The van der Waals surface area contributed by atoms with E-state index in [1.165, 1.54) is 17.9 Å². The minimum absolute atomic E-state index is 0.0339. The van der Waals surface area contributed by atoms with E-state index in [4.69, 9.17) is 11.6 Å². The molecule has 2 aromatic heterocycles. The fourth-order valence-corrected chi connectivity index (χ4v) is 1.31. The van der Waals surface area contributed by atoms with Gasteiger partial charge in [0.2, 0.25) is 5.28 Å². The summed E-state index contributed by atoms with van der Waals surface area (Å²) in [7, 11) is 1.27. The van der Waals surface area contributed by atoms with Crippen molar-refractivity contribution in [3.63, 3.8) is 0 Å². The van der Waals surface area contributed by atoms with Gasteiger partial charge in [0, 0.05) is 18.5 Å². The summed E-state index contributed by atoms with van der Waals surface area (Å²) in [5.41, 5.74) is 0.0907. The van der Waals surface area contributed by atoms with Crippen LogP contribution in [0.3, 0.4) is 0 Å². The molecule has 2 rings (SSSR count). The third-order valence-corrected chi connectivity index (χ3v) is 1.99. The Kier molecular flexibility index (Phi) is 2.82. The molecule has 0 N–H and O–H groups in total. The molecule has 0 fully saturated rings. The van der Waals surface area contributed by atoms with Crippen LogP contribution in [-0.4, -0.2) is 32.8 Å². The molecule has 0 amide bonds. The van der Waals surface area contributed by atoms with Crippen molar-refractivity contribution in [1.29, 1.82) is 0 Å². The number of halogens is 1. The van der Waals surface area contributed by atoms with Crippen LogP contribution < -0.4 is 0 Å². The molecule has 0 spiro atoms. The molecule has 0 bridgehead atoms. The maximum absolute atomic E-state index is 11.3. The number of nitrogens with zero attached hydrogens (tertiary/aromatic N) is 4. The molecule has 2 aromatic rings. The van der Waals surface area contributed by atoms with E-state index < -0.39 is 5.97 Å². The molecule has 0 radical (unpaired) electrons. The summed E-state index contributed by atoms with van der Waals surface area (Å²) in [6.45, 7) is 0. The average molecular weight is 239 g/mol. The summed E-state index contributed by atoms with van der Waals surface area (Å²) in [5, 5.41) is 3.94. The van der Waals surface area contributed by atoms with Crippen molar-refractivity contribution in [2.45, 2.75) is 0 Å². The fourth-order valence-electron chi connectivity index (χ4n) is 1.14. The van der Waals surface area contributed by atoms with E-state index in [-0.39, 0.29) is 11.0 Å². The highest BCUT2D eigenvalue weighted by atomic mass is 35.5. The maximum Gasteiger partial charge on any atom is 0.356 e. The van der Waals surface area contributed by atoms with Crippen LogP contribution in [0.5, 0.6) is 0 Å². The number of rotatable bonds is 2. The lowest BCUT2D eigenvalue weighted by Gasteiger charge is -2.03. The van der Waals surface area contributed by atoms with Crippen LogP contribution in [0.1, 0.15) is 10.5 Å². The Morgan fingerprint density at radius 2 is 2.31 bits per heavy atom. The summed E-state index contributed by atoms with van der Waals surface area (Å²) in [6, 6.07) is 3.18. The number of carbonyl (C=O) groups is 1. The monoisotopic (exact) mass is 238 g/mol. The lowest BCUT2D eigenvalue weighted by Crippen LogP contribution is -2.08. The highest BCUT2D eigenvalue weighted by Gasteiger charge is 2.12. The third-order valence-electron chi connectivity index (χ3n) is 1.82. The number of methoxy groups -OCH3 is 1. The van der Waals surface area contributed by atoms with Crippen molar-refractivity contribution in [2.75, 3.05) is 7.11 Å². The molecular weight excluding hydrogens is 232 g/mol. The van der Waals surface area contributed by atoms with Gasteiger partial charge in [-0.3, -0.25) is 0 Å². The predicted octanol–water partition coefficient (Wildman–Crippen LogP) is 1.10. The molecular formula is C9H7ClN4O2. The van der Waals surface area contributed by atoms with E-state index in [1.807, 2.05) is 0 Å². The highest BCUT2D eigenvalue weighted by molar-refractivity contribution is 6.28. The fraction of sp³-hybridized carbons (Fsp3) is 0.111. The molecule has 0 aliphatic heterocycles. The lowest BCUT2D eigenvalue weighted by atomic mass is 10.4. The lowest BCUT2D eigenvalue weighted by molar-refractivity contribution is 0.0593. The summed E-state index contributed by atoms with van der Waals surface area (Å²) < 4.78 is 6.02. The zero-order valence-corrected chi connectivity index (χ0v) is 9.05. The second kappa shape index (κ2) is 4.28. The Hall–Kier alpha value is -1.95. The van der Waals surface area contributed by atoms with Gasteiger partial charge < -0.3 is 4.74 Å². The van der Waals surface area contributed by atoms with Crippen LogP contribution in [0.25, 0.3) is 5.82 Å². The zero-order valence-electron chi connectivity index (χ0n) is 8.29. The molecule has 0 atom stereocenters. The Morgan fingerprint density at radius 3 is 2.94 bits per heavy atom. The van der Waals surface area contributed by atoms with Crippen molar-refractivity contribution in [2.24, 2.45) is 0 Å². The SMILES string of the molecule is COC(=O)c1cc(-n2cccn2)nc(Cl)n1. The quantitative estimate of drug-likeness (QED) is 0.579. The van der Waals surface area contributed by atoms with E-state index >= 15 is 0 Å². The first-order chi connectivity index (χ1) is 7.70. The summed E-state index contributed by atoms with van der Waals surface area (Å²) in [5.74, 6) is -0.164. The molecule has 2 heterocycles. The van der Waals surface area contributed by atoms with Crippen LogP contribution in [0.15, 0.2) is 24.5 Å². The van der Waals surface area contributed by atoms with Gasteiger partial charge in [-0.15, -0.1) is 0 Å². The van der Waals surface area contributed by atoms with Gasteiger partial charge in [-0.25, -0.2) is 14.5 Å². The van der Waals surface area contributed by atoms with Gasteiger partial charge in [0.15, 0.2) is 11.5 Å². The first-order valence-electron chi connectivity index (χ1n) is 4.33. The predicted molar refractivity (Wildman–Crippen MR) is 55.5 cm³/mol. The van der Waals surface area contributed by atoms with E-state index in [2.05, 4.69) is 19.8 Å². The first kappa shape index (κ1) is 10.6. The molecule has 6 nitrogen and oxygen atoms in total. The molecule has 0 unspecified atom stereocenters. The Morgan fingerprint density at radius 1 is 1.50 bits per heavy atom. The van der Waals surface area contributed by atoms with Crippen LogP contribution in [-0.2, 0) is 4.74 Å². The largest absolute Gasteiger partial charge is 0.464 e. The first-order valence-corrected chi connectivity index (χ1v) is 4.71. The zero-order chi connectivity index (χ0) is 11.5. The van der Waals surface area contributed by atoms with Crippen molar-refractivity contribution < 1.29 is 9.53 Å². The molecule has 7 heteroatoms. The molecule has 0 saturated heterocycles. The molecule has 0 aliphatic carbocycles. The molecule has 0 saturated carbocycles. The Balaban J connectivity index is 2.48. The smallest absolute Gasteiger partial charge is 0.356 e. The minimum atomic E-state index is -0.572. The molecule has 82 valence electrons. The van der Waals surface area contributed by atoms with Crippen molar-refractivity contribution >= 4 is 17.6 Å². The summed E-state index contributed by atoms with van der Waals surface area (Å²) in [4.78, 5) is 19.0. The Labute approximate surface area is 95.8 Å². The van der Waals surface area contributed by atoms with Crippen LogP contribution in [0, 0.1) is 0 Å². The van der Waals surface area contributed by atoms with Crippen LogP contribution >= 0.6 is 11.6 Å². The Bertz CT molecular complexity index is 512. The van der Waals surface area contributed by atoms with Gasteiger partial charge in [-0.05, 0) is 17.7 Å². The van der Waals surface area contributed by atoms with Crippen molar-refractivity contribution in [3.8, 4) is 5.82 Å². The third kappa shape index (κ3) is 2.01. The number of esters is 1. The number of hydrogen-bond acceptors (Lipinski definition) is 5. The standard InChI is InChI=1S/C9H7ClN4O2/c1-16-8(15)6-5-7(13-9(10)12-6)14-4-2-3-11-14/h2-5H,1H3. The maximum atomic E-state index is 11.3. The van der Waals surface area contributed by atoms with Gasteiger partial charge in [0.1, 0.15) is 0 Å². The van der Waals surface area contributed by atoms with E-state index in [0.29, 0.717) is 5.82 Å². The van der Waals surface area contributed by atoms with Gasteiger partial charge in [-0.1, -0.05) is 0 Å². The van der Waals surface area contributed by atoms with Crippen LogP contribution in [0.4, 0.5) is 0 Å². The molecule has 0 aliphatic rings. The second-order valence-corrected chi connectivity index (χ2v) is 3.16. The summed E-state index contributed by atoms with van der Waals surface area (Å²) in [6.07, 6.45) is 3.27. The highest BCUT2D eigenvalue weighted by Crippen LogP contribution is 2.10. The van der Waals surface area contributed by atoms with Crippen molar-refractivity contribution in [3.05, 3.63) is 35.5 Å². The number of carbonyl (C=O) groups excluding carboxylic acids is 1. The number of ether oxygens (including phenoxy) is 1. The van der Waals surface area contributed by atoms with E-state index in [9.17, 15) is 4.79 Å². The second-order valence-electron chi connectivity index (χ2n) is 2.82. The molecule has 16 heavy (non-hydrogen) atoms. The average Bonchev–Trinajstić information content (AvgIpc) is 2.80. The topological polar surface area (TPSA) is 69.9 Å². The van der Waals surface area contributed by atoms with Crippen molar-refractivity contribution in [1.82, 2.24) is 19.7 Å². The molecule has 0 aromatic carbocycles. The summed E-state index contributed by atoms with van der Waals surface area (Å²) >= 11 is 5.70. The van der Waals surface area contributed by atoms with Gasteiger partial charge >= 0.3 is 5.97 Å². The number of aromatic nitrogens is 4. The minimum Gasteiger partial charge on any atom is -0.464 e. The normalized spacial score (nSPS) is 10.1. The number of hydrogen-bond donors (Lipinski definition) is 0. The van der Waals surface area contributed by atoms with Gasteiger partial charge in [-0.2, -0.15) is 10.1 Å². The van der Waals surface area contributed by atoms with E-state index in [1.54, 1.807) is 18.5 Å².